The number of non-ortho nitro benzene ring substituents is 1. The smallest absolute Gasteiger partial charge is 0.271 e. The minimum Gasteiger partial charge on any atom is -0.457 e. The quantitative estimate of drug-likeness (QED) is 0.358. The summed E-state index contributed by atoms with van der Waals surface area (Å²) in [5.74, 6) is -0.342. The van der Waals surface area contributed by atoms with Crippen molar-refractivity contribution in [3.05, 3.63) is 69.0 Å². The average molecular weight is 363 g/mol. The molecule has 2 heterocycles. The summed E-state index contributed by atoms with van der Waals surface area (Å²) in [6.45, 7) is 1.54. The van der Waals surface area contributed by atoms with E-state index in [2.05, 4.69) is 0 Å². The topological polar surface area (TPSA) is 117 Å². The lowest BCUT2D eigenvalue weighted by Crippen LogP contribution is -2.39. The molecule has 0 radical (unpaired) electrons. The molecule has 0 bridgehead atoms. The highest BCUT2D eigenvalue weighted by Gasteiger charge is 2.33. The normalized spacial score (nSPS) is 16.0. The van der Waals surface area contributed by atoms with Crippen LogP contribution in [0.5, 0.6) is 0 Å². The number of imide groups is 1. The summed E-state index contributed by atoms with van der Waals surface area (Å²) in [7, 11) is 1.31. The standard InChI is InChI=1S/C19H13N3O5/c1-11-15(18(23)21(2)19(24)16(11)10-20)9-14-7-8-17(27-14)12-3-5-13(6-4-12)22(25)26/h3-9H,1-2H3/b15-9+. The average Bonchev–Trinajstić information content (AvgIpc) is 3.13. The van der Waals surface area contributed by atoms with E-state index in [1.807, 2.05) is 6.07 Å². The van der Waals surface area contributed by atoms with Crippen molar-refractivity contribution >= 4 is 23.6 Å². The number of nitriles is 1. The molecule has 1 aliphatic rings. The number of benzene rings is 1. The molecule has 27 heavy (non-hydrogen) atoms. The Morgan fingerprint density at radius 1 is 1.15 bits per heavy atom. The highest BCUT2D eigenvalue weighted by atomic mass is 16.6. The van der Waals surface area contributed by atoms with Gasteiger partial charge in [-0.25, -0.2) is 0 Å². The minimum absolute atomic E-state index is 0.0297. The molecule has 0 spiro atoms. The van der Waals surface area contributed by atoms with Gasteiger partial charge in [-0.3, -0.25) is 24.6 Å². The van der Waals surface area contributed by atoms with Crippen LogP contribution in [0.1, 0.15) is 12.7 Å². The van der Waals surface area contributed by atoms with Crippen LogP contribution in [0, 0.1) is 21.4 Å². The van der Waals surface area contributed by atoms with Gasteiger partial charge in [-0.2, -0.15) is 5.26 Å². The molecule has 0 atom stereocenters. The zero-order chi connectivity index (χ0) is 19.7. The van der Waals surface area contributed by atoms with Gasteiger partial charge in [0.15, 0.2) is 0 Å². The lowest BCUT2D eigenvalue weighted by Gasteiger charge is -2.23. The summed E-state index contributed by atoms with van der Waals surface area (Å²) >= 11 is 0. The van der Waals surface area contributed by atoms with Crippen LogP contribution in [0.15, 0.2) is 57.5 Å². The van der Waals surface area contributed by atoms with Crippen molar-refractivity contribution in [3.8, 4) is 17.4 Å². The third-order valence-electron chi connectivity index (χ3n) is 4.22. The van der Waals surface area contributed by atoms with Gasteiger partial charge in [0.25, 0.3) is 17.5 Å². The van der Waals surface area contributed by atoms with Crippen molar-refractivity contribution in [2.75, 3.05) is 7.05 Å². The van der Waals surface area contributed by atoms with Crippen LogP contribution in [-0.2, 0) is 9.59 Å². The van der Waals surface area contributed by atoms with E-state index in [0.29, 0.717) is 22.7 Å². The van der Waals surface area contributed by atoms with Gasteiger partial charge in [-0.05, 0) is 42.8 Å². The predicted octanol–water partition coefficient (Wildman–Crippen LogP) is 3.08. The lowest BCUT2D eigenvalue weighted by atomic mass is 9.95. The summed E-state index contributed by atoms with van der Waals surface area (Å²) in [4.78, 5) is 35.5. The summed E-state index contributed by atoms with van der Waals surface area (Å²) < 4.78 is 5.69. The first-order valence-corrected chi connectivity index (χ1v) is 7.83. The second kappa shape index (κ2) is 6.72. The molecule has 3 rings (SSSR count). The van der Waals surface area contributed by atoms with Gasteiger partial charge in [0.1, 0.15) is 23.2 Å². The number of furan rings is 1. The fraction of sp³-hybridized carbons (Fsp3) is 0.105. The second-order valence-corrected chi connectivity index (χ2v) is 5.85. The van der Waals surface area contributed by atoms with E-state index in [1.54, 1.807) is 24.3 Å². The molecule has 0 saturated heterocycles. The van der Waals surface area contributed by atoms with E-state index in [4.69, 9.17) is 9.68 Å². The van der Waals surface area contributed by atoms with Gasteiger partial charge in [0, 0.05) is 30.3 Å². The summed E-state index contributed by atoms with van der Waals surface area (Å²) in [6, 6.07) is 11.0. The van der Waals surface area contributed by atoms with Gasteiger partial charge >= 0.3 is 0 Å². The van der Waals surface area contributed by atoms with Crippen LogP contribution in [0.2, 0.25) is 0 Å². The van der Waals surface area contributed by atoms with E-state index in [-0.39, 0.29) is 16.8 Å². The number of hydrogen-bond donors (Lipinski definition) is 0. The number of hydrogen-bond acceptors (Lipinski definition) is 6. The van der Waals surface area contributed by atoms with Crippen molar-refractivity contribution in [1.82, 2.24) is 4.90 Å². The molecule has 2 aromatic rings. The highest BCUT2D eigenvalue weighted by Crippen LogP contribution is 2.29. The van der Waals surface area contributed by atoms with Crippen LogP contribution in [-0.4, -0.2) is 28.7 Å². The Morgan fingerprint density at radius 3 is 2.41 bits per heavy atom. The summed E-state index contributed by atoms with van der Waals surface area (Å²) in [5.41, 5.74) is 0.998. The second-order valence-electron chi connectivity index (χ2n) is 5.85. The largest absolute Gasteiger partial charge is 0.457 e. The zero-order valence-corrected chi connectivity index (χ0v) is 14.4. The number of nitro benzene ring substituents is 1. The van der Waals surface area contributed by atoms with E-state index in [0.717, 1.165) is 4.90 Å². The molecule has 0 unspecified atom stereocenters. The maximum atomic E-state index is 12.4. The minimum atomic E-state index is -0.636. The molecule has 0 fully saturated rings. The van der Waals surface area contributed by atoms with Crippen LogP contribution < -0.4 is 0 Å². The third kappa shape index (κ3) is 3.14. The highest BCUT2D eigenvalue weighted by molar-refractivity contribution is 6.19. The number of likely N-dealkylation sites (N-methyl/N-ethyl adjacent to an activating group) is 1. The maximum Gasteiger partial charge on any atom is 0.271 e. The third-order valence-corrected chi connectivity index (χ3v) is 4.22. The van der Waals surface area contributed by atoms with Gasteiger partial charge in [0.2, 0.25) is 0 Å². The molecule has 0 N–H and O–H groups in total. The summed E-state index contributed by atoms with van der Waals surface area (Å²) in [6.07, 6.45) is 1.47. The molecule has 2 amide bonds. The molecule has 1 aromatic heterocycles. The van der Waals surface area contributed by atoms with Crippen LogP contribution in [0.3, 0.4) is 0 Å². The zero-order valence-electron chi connectivity index (χ0n) is 14.4. The first-order chi connectivity index (χ1) is 12.8. The van der Waals surface area contributed by atoms with E-state index < -0.39 is 16.7 Å². The lowest BCUT2D eigenvalue weighted by molar-refractivity contribution is -0.384. The number of nitrogens with zero attached hydrogens (tertiary/aromatic N) is 3. The van der Waals surface area contributed by atoms with Crippen molar-refractivity contribution in [3.63, 3.8) is 0 Å². The molecule has 0 saturated carbocycles. The Morgan fingerprint density at radius 2 is 1.81 bits per heavy atom. The molecular formula is C19H13N3O5. The van der Waals surface area contributed by atoms with Crippen molar-refractivity contribution in [2.45, 2.75) is 6.92 Å². The van der Waals surface area contributed by atoms with Crippen molar-refractivity contribution in [2.24, 2.45) is 0 Å². The number of nitro groups is 1. The SMILES string of the molecule is CC1=C(C#N)C(=O)N(C)C(=O)/C1=C/c1ccc(-c2ccc([N+](=O)[O-])cc2)o1. The van der Waals surface area contributed by atoms with Crippen molar-refractivity contribution in [1.29, 1.82) is 5.26 Å². The Balaban J connectivity index is 1.98. The fourth-order valence-corrected chi connectivity index (χ4v) is 2.67. The van der Waals surface area contributed by atoms with Crippen LogP contribution in [0.4, 0.5) is 5.69 Å². The molecule has 134 valence electrons. The Kier molecular flexibility index (Phi) is 4.44. The van der Waals surface area contributed by atoms with Gasteiger partial charge in [0.05, 0.1) is 4.92 Å². The van der Waals surface area contributed by atoms with E-state index >= 15 is 0 Å². The Bertz CT molecular complexity index is 1070. The first-order valence-electron chi connectivity index (χ1n) is 7.83. The van der Waals surface area contributed by atoms with E-state index in [9.17, 15) is 19.7 Å². The number of rotatable bonds is 3. The number of amides is 2. The van der Waals surface area contributed by atoms with Crippen molar-refractivity contribution < 1.29 is 18.9 Å². The van der Waals surface area contributed by atoms with Crippen LogP contribution in [0.25, 0.3) is 17.4 Å². The summed E-state index contributed by atoms with van der Waals surface area (Å²) in [5, 5.41) is 19.9. The monoisotopic (exact) mass is 363 g/mol. The first kappa shape index (κ1) is 17.8. The van der Waals surface area contributed by atoms with E-state index in [1.165, 1.54) is 32.2 Å². The fourth-order valence-electron chi connectivity index (χ4n) is 2.67. The van der Waals surface area contributed by atoms with Gasteiger partial charge in [-0.15, -0.1) is 0 Å². The Hall–Kier alpha value is -3.99. The Labute approximate surface area is 153 Å². The molecular weight excluding hydrogens is 350 g/mol. The number of carbonyl (C=O) groups excluding carboxylic acids is 2. The number of carbonyl (C=O) groups is 2. The maximum absolute atomic E-state index is 12.4. The van der Waals surface area contributed by atoms with Gasteiger partial charge in [-0.1, -0.05) is 0 Å². The van der Waals surface area contributed by atoms with Gasteiger partial charge < -0.3 is 4.42 Å². The molecule has 0 aliphatic carbocycles. The van der Waals surface area contributed by atoms with Crippen LogP contribution >= 0.6 is 0 Å². The molecule has 8 heteroatoms. The molecule has 1 aromatic carbocycles. The molecule has 8 nitrogen and oxygen atoms in total. The molecule has 1 aliphatic heterocycles. The predicted molar refractivity (Wildman–Crippen MR) is 94.9 cm³/mol.